The van der Waals surface area contributed by atoms with E-state index in [0.717, 1.165) is 0 Å². The van der Waals surface area contributed by atoms with Crippen LogP contribution in [0.5, 0.6) is 0 Å². The number of hydrogen-bond donors (Lipinski definition) is 2. The first-order valence-electron chi connectivity index (χ1n) is 5.43. The zero-order valence-electron chi connectivity index (χ0n) is 9.56. The average Bonchev–Trinajstić information content (AvgIpc) is 2.85. The summed E-state index contributed by atoms with van der Waals surface area (Å²) in [5, 5.41) is 13.1. The Balaban J connectivity index is 1.92. The van der Waals surface area contributed by atoms with E-state index in [9.17, 15) is 14.4 Å². The van der Waals surface area contributed by atoms with Crippen molar-refractivity contribution < 1.29 is 14.4 Å². The Labute approximate surface area is 108 Å². The molecule has 1 spiro atoms. The Morgan fingerprint density at radius 1 is 1.56 bits per heavy atom. The molecule has 2 fully saturated rings. The van der Waals surface area contributed by atoms with Crippen LogP contribution in [0.1, 0.15) is 6.42 Å². The van der Waals surface area contributed by atoms with Gasteiger partial charge in [0.25, 0.3) is 5.91 Å². The number of carbonyl (C=O) groups excluding carboxylic acids is 3. The van der Waals surface area contributed by atoms with Crippen LogP contribution in [0, 0.1) is 11.3 Å². The Bertz CT molecular complexity index is 447. The minimum atomic E-state index is -0.952. The summed E-state index contributed by atoms with van der Waals surface area (Å²) in [7, 11) is 0. The Hall–Kier alpha value is -1.75. The molecule has 2 heterocycles. The van der Waals surface area contributed by atoms with Crippen LogP contribution in [0.2, 0.25) is 0 Å². The number of nitriles is 1. The number of rotatable bonds is 3. The summed E-state index contributed by atoms with van der Waals surface area (Å²) >= 11 is 1.24. The molecule has 2 rings (SSSR count). The van der Waals surface area contributed by atoms with Gasteiger partial charge in [-0.25, -0.2) is 4.79 Å². The Kier molecular flexibility index (Phi) is 3.43. The molecule has 2 saturated heterocycles. The highest BCUT2D eigenvalue weighted by Crippen LogP contribution is 2.25. The first-order valence-corrected chi connectivity index (χ1v) is 6.59. The van der Waals surface area contributed by atoms with Gasteiger partial charge in [0.2, 0.25) is 5.91 Å². The SMILES string of the molecule is N#CCSCC(=O)N1CCC2(C1)NC(=O)NC2=O. The number of thioether (sulfide) groups is 1. The van der Waals surface area contributed by atoms with E-state index in [1.54, 1.807) is 4.90 Å². The van der Waals surface area contributed by atoms with Gasteiger partial charge in [-0.3, -0.25) is 14.9 Å². The van der Waals surface area contributed by atoms with Crippen molar-refractivity contribution in [1.29, 1.82) is 5.26 Å². The van der Waals surface area contributed by atoms with Crippen LogP contribution in [0.4, 0.5) is 4.79 Å². The minimum Gasteiger partial charge on any atom is -0.339 e. The van der Waals surface area contributed by atoms with E-state index in [4.69, 9.17) is 5.26 Å². The molecule has 2 aliphatic rings. The van der Waals surface area contributed by atoms with E-state index in [0.29, 0.717) is 13.0 Å². The molecule has 7 nitrogen and oxygen atoms in total. The van der Waals surface area contributed by atoms with Crippen LogP contribution in [0.15, 0.2) is 0 Å². The number of urea groups is 1. The molecule has 2 N–H and O–H groups in total. The van der Waals surface area contributed by atoms with E-state index in [-0.39, 0.29) is 29.9 Å². The van der Waals surface area contributed by atoms with Crippen LogP contribution in [0.25, 0.3) is 0 Å². The molecule has 8 heteroatoms. The fourth-order valence-corrected chi connectivity index (χ4v) is 2.66. The van der Waals surface area contributed by atoms with Crippen molar-refractivity contribution in [1.82, 2.24) is 15.5 Å². The maximum atomic E-state index is 11.8. The number of nitrogens with zero attached hydrogens (tertiary/aromatic N) is 2. The summed E-state index contributed by atoms with van der Waals surface area (Å²) in [6, 6.07) is 1.44. The summed E-state index contributed by atoms with van der Waals surface area (Å²) in [5.41, 5.74) is -0.952. The molecule has 0 aromatic rings. The highest BCUT2D eigenvalue weighted by atomic mass is 32.2. The predicted octanol–water partition coefficient (Wildman–Crippen LogP) is -0.946. The highest BCUT2D eigenvalue weighted by molar-refractivity contribution is 8.00. The fraction of sp³-hybridized carbons (Fsp3) is 0.600. The monoisotopic (exact) mass is 268 g/mol. The van der Waals surface area contributed by atoms with E-state index in [1.165, 1.54) is 11.8 Å². The number of amides is 4. The third-order valence-corrected chi connectivity index (χ3v) is 3.81. The van der Waals surface area contributed by atoms with Gasteiger partial charge in [0.05, 0.1) is 24.1 Å². The second-order valence-corrected chi connectivity index (χ2v) is 5.19. The van der Waals surface area contributed by atoms with Crippen LogP contribution in [0.3, 0.4) is 0 Å². The lowest BCUT2D eigenvalue weighted by molar-refractivity contribution is -0.128. The molecular formula is C10H12N4O3S. The van der Waals surface area contributed by atoms with Gasteiger partial charge >= 0.3 is 6.03 Å². The van der Waals surface area contributed by atoms with Gasteiger partial charge < -0.3 is 10.2 Å². The van der Waals surface area contributed by atoms with Gasteiger partial charge in [-0.05, 0) is 6.42 Å². The van der Waals surface area contributed by atoms with Crippen LogP contribution >= 0.6 is 11.8 Å². The highest BCUT2D eigenvalue weighted by Gasteiger charge is 2.51. The topological polar surface area (TPSA) is 102 Å². The van der Waals surface area contributed by atoms with Crippen molar-refractivity contribution in [3.05, 3.63) is 0 Å². The molecule has 0 aromatic heterocycles. The molecule has 4 amide bonds. The van der Waals surface area contributed by atoms with Gasteiger partial charge in [-0.2, -0.15) is 5.26 Å². The maximum Gasteiger partial charge on any atom is 0.322 e. The minimum absolute atomic E-state index is 0.110. The fourth-order valence-electron chi connectivity index (χ4n) is 2.11. The molecule has 0 saturated carbocycles. The standard InChI is InChI=1S/C10H12N4O3S/c11-2-4-18-5-7(15)14-3-1-10(6-14)8(16)12-9(17)13-10/h1,3-6H2,(H2,12,13,16,17). The smallest absolute Gasteiger partial charge is 0.322 e. The molecule has 2 aliphatic heterocycles. The van der Waals surface area contributed by atoms with Gasteiger partial charge in [-0.15, -0.1) is 11.8 Å². The van der Waals surface area contributed by atoms with E-state index in [2.05, 4.69) is 10.6 Å². The van der Waals surface area contributed by atoms with E-state index in [1.807, 2.05) is 6.07 Å². The summed E-state index contributed by atoms with van der Waals surface area (Å²) in [5.74, 6) is 0.00906. The van der Waals surface area contributed by atoms with E-state index < -0.39 is 11.6 Å². The van der Waals surface area contributed by atoms with Crippen molar-refractivity contribution in [2.45, 2.75) is 12.0 Å². The van der Waals surface area contributed by atoms with Crippen molar-refractivity contribution in [3.8, 4) is 6.07 Å². The zero-order chi connectivity index (χ0) is 13.2. The molecule has 0 aromatic carbocycles. The second-order valence-electron chi connectivity index (χ2n) is 4.21. The van der Waals surface area contributed by atoms with Gasteiger partial charge in [0.15, 0.2) is 0 Å². The molecule has 96 valence electrons. The lowest BCUT2D eigenvalue weighted by Gasteiger charge is -2.20. The van der Waals surface area contributed by atoms with Crippen molar-refractivity contribution in [2.24, 2.45) is 0 Å². The largest absolute Gasteiger partial charge is 0.339 e. The lowest BCUT2D eigenvalue weighted by atomic mass is 10.00. The zero-order valence-corrected chi connectivity index (χ0v) is 10.4. The number of carbonyl (C=O) groups is 3. The van der Waals surface area contributed by atoms with Crippen molar-refractivity contribution in [2.75, 3.05) is 24.6 Å². The predicted molar refractivity (Wildman–Crippen MR) is 63.5 cm³/mol. The van der Waals surface area contributed by atoms with Gasteiger partial charge in [0.1, 0.15) is 5.54 Å². The molecule has 0 bridgehead atoms. The summed E-state index contributed by atoms with van der Waals surface area (Å²) < 4.78 is 0. The van der Waals surface area contributed by atoms with Crippen LogP contribution < -0.4 is 10.6 Å². The first kappa shape index (κ1) is 12.7. The number of likely N-dealkylation sites (tertiary alicyclic amines) is 1. The summed E-state index contributed by atoms with van der Waals surface area (Å²) in [4.78, 5) is 36.1. The normalized spacial score (nSPS) is 26.1. The average molecular weight is 268 g/mol. The molecule has 0 radical (unpaired) electrons. The molecule has 1 unspecified atom stereocenters. The maximum absolute atomic E-state index is 11.8. The van der Waals surface area contributed by atoms with E-state index >= 15 is 0 Å². The molecule has 18 heavy (non-hydrogen) atoms. The summed E-state index contributed by atoms with van der Waals surface area (Å²) in [6.45, 7) is 0.649. The van der Waals surface area contributed by atoms with Crippen LogP contribution in [-0.4, -0.2) is 52.9 Å². The second kappa shape index (κ2) is 4.86. The van der Waals surface area contributed by atoms with Crippen LogP contribution in [-0.2, 0) is 9.59 Å². The third kappa shape index (κ3) is 2.26. The number of hydrogen-bond acceptors (Lipinski definition) is 5. The van der Waals surface area contributed by atoms with Crippen molar-refractivity contribution in [3.63, 3.8) is 0 Å². The lowest BCUT2D eigenvalue weighted by Crippen LogP contribution is -2.49. The number of nitrogens with one attached hydrogen (secondary N) is 2. The van der Waals surface area contributed by atoms with Gasteiger partial charge in [-0.1, -0.05) is 0 Å². The number of imide groups is 1. The third-order valence-electron chi connectivity index (χ3n) is 3.03. The molecular weight excluding hydrogens is 256 g/mol. The Morgan fingerprint density at radius 3 is 2.94 bits per heavy atom. The first-order chi connectivity index (χ1) is 8.57. The molecule has 0 aliphatic carbocycles. The summed E-state index contributed by atoms with van der Waals surface area (Å²) in [6.07, 6.45) is 0.430. The Morgan fingerprint density at radius 2 is 2.33 bits per heavy atom. The van der Waals surface area contributed by atoms with Crippen molar-refractivity contribution >= 4 is 29.6 Å². The quantitative estimate of drug-likeness (QED) is 0.507. The molecule has 1 atom stereocenters. The van der Waals surface area contributed by atoms with Gasteiger partial charge in [0, 0.05) is 6.54 Å².